The van der Waals surface area contributed by atoms with Gasteiger partial charge in [0.2, 0.25) is 0 Å². The lowest BCUT2D eigenvalue weighted by molar-refractivity contribution is 0.559. The van der Waals surface area contributed by atoms with E-state index < -0.39 is 0 Å². The molecule has 2 aromatic rings. The molecule has 0 fully saturated rings. The summed E-state index contributed by atoms with van der Waals surface area (Å²) in [5.74, 6) is 0. The number of hydrogen-bond acceptors (Lipinski definition) is 4. The molecule has 1 heterocycles. The Labute approximate surface area is 147 Å². The van der Waals surface area contributed by atoms with Crippen LogP contribution in [0, 0.1) is 0 Å². The van der Waals surface area contributed by atoms with E-state index in [1.54, 1.807) is 0 Å². The van der Waals surface area contributed by atoms with Crippen molar-refractivity contribution in [2.24, 2.45) is 4.99 Å². The van der Waals surface area contributed by atoms with Gasteiger partial charge in [-0.05, 0) is 50.1 Å². The highest BCUT2D eigenvalue weighted by Crippen LogP contribution is 2.24. The predicted molar refractivity (Wildman–Crippen MR) is 105 cm³/mol. The Morgan fingerprint density at radius 1 is 1.24 bits per heavy atom. The molecule has 0 spiro atoms. The highest BCUT2D eigenvalue weighted by molar-refractivity contribution is 6.01. The monoisotopic (exact) mass is 334 g/mol. The Bertz CT molecular complexity index is 1000. The van der Waals surface area contributed by atoms with Gasteiger partial charge in [-0.15, -0.1) is 0 Å². The van der Waals surface area contributed by atoms with Gasteiger partial charge in [0.15, 0.2) is 0 Å². The fourth-order valence-corrected chi connectivity index (χ4v) is 2.83. The molecule has 3 rings (SSSR count). The quantitative estimate of drug-likeness (QED) is 0.615. The van der Waals surface area contributed by atoms with Crippen LogP contribution in [0.5, 0.6) is 0 Å². The Morgan fingerprint density at radius 3 is 2.68 bits per heavy atom. The van der Waals surface area contributed by atoms with Crippen molar-refractivity contribution in [1.29, 1.82) is 0 Å². The number of nitrogens with zero attached hydrogens (tertiary/aromatic N) is 2. The van der Waals surface area contributed by atoms with Crippen molar-refractivity contribution in [3.63, 3.8) is 0 Å². The molecular formula is C21H22N2O2. The molecule has 0 radical (unpaired) electrons. The number of fused-ring (bicyclic) bond motifs is 1. The average Bonchev–Trinajstić information content (AvgIpc) is 2.56. The molecule has 0 aliphatic heterocycles. The first-order chi connectivity index (χ1) is 11.8. The topological polar surface area (TPSA) is 45.8 Å². The number of anilines is 1. The zero-order valence-corrected chi connectivity index (χ0v) is 15.1. The molecule has 0 bridgehead atoms. The average molecular weight is 334 g/mol. The Hall–Kier alpha value is -2.88. The number of benzene rings is 1. The fourth-order valence-electron chi connectivity index (χ4n) is 2.83. The van der Waals surface area contributed by atoms with Crippen molar-refractivity contribution in [2.75, 3.05) is 19.0 Å². The van der Waals surface area contributed by atoms with Crippen molar-refractivity contribution in [3.05, 3.63) is 75.8 Å². The van der Waals surface area contributed by atoms with Crippen LogP contribution in [0.3, 0.4) is 0 Å². The molecule has 0 atom stereocenters. The first-order valence-electron chi connectivity index (χ1n) is 8.21. The number of aliphatic imine (C=N–C) groups is 1. The lowest BCUT2D eigenvalue weighted by atomic mass is 10.00. The summed E-state index contributed by atoms with van der Waals surface area (Å²) >= 11 is 0. The molecule has 0 saturated heterocycles. The SMILES string of the molecule is C=C1C=CC(N=C(C)c2cc3ccc(N(C)C)cc3oc2=O)=C(C)C1. The molecule has 25 heavy (non-hydrogen) atoms. The third-order valence-corrected chi connectivity index (χ3v) is 4.32. The van der Waals surface area contributed by atoms with Crippen molar-refractivity contribution in [3.8, 4) is 0 Å². The Balaban J connectivity index is 2.05. The summed E-state index contributed by atoms with van der Waals surface area (Å²) in [6.45, 7) is 7.84. The highest BCUT2D eigenvalue weighted by atomic mass is 16.4. The fraction of sp³-hybridized carbons (Fsp3) is 0.238. The van der Waals surface area contributed by atoms with Gasteiger partial charge in [0.1, 0.15) is 5.58 Å². The minimum absolute atomic E-state index is 0.368. The smallest absolute Gasteiger partial charge is 0.345 e. The molecule has 1 aliphatic rings. The maximum atomic E-state index is 12.4. The van der Waals surface area contributed by atoms with Crippen molar-refractivity contribution in [1.82, 2.24) is 0 Å². The normalized spacial score (nSPS) is 15.2. The van der Waals surface area contributed by atoms with Crippen LogP contribution in [0.15, 0.2) is 74.0 Å². The van der Waals surface area contributed by atoms with E-state index >= 15 is 0 Å². The van der Waals surface area contributed by atoms with E-state index in [-0.39, 0.29) is 5.63 Å². The molecule has 0 unspecified atom stereocenters. The van der Waals surface area contributed by atoms with E-state index in [1.165, 1.54) is 0 Å². The molecule has 1 aromatic heterocycles. The van der Waals surface area contributed by atoms with E-state index in [2.05, 4.69) is 11.6 Å². The first kappa shape index (κ1) is 17.0. The van der Waals surface area contributed by atoms with Gasteiger partial charge in [0, 0.05) is 31.2 Å². The van der Waals surface area contributed by atoms with Crippen molar-refractivity contribution in [2.45, 2.75) is 20.3 Å². The molecule has 4 nitrogen and oxygen atoms in total. The van der Waals surface area contributed by atoms with Crippen LogP contribution in [0.2, 0.25) is 0 Å². The van der Waals surface area contributed by atoms with Gasteiger partial charge < -0.3 is 9.32 Å². The summed E-state index contributed by atoms with van der Waals surface area (Å²) in [4.78, 5) is 19.0. The van der Waals surface area contributed by atoms with Crippen LogP contribution in [0.1, 0.15) is 25.8 Å². The summed E-state index contributed by atoms with van der Waals surface area (Å²) in [5, 5.41) is 0.882. The third kappa shape index (κ3) is 3.48. The molecule has 0 N–H and O–H groups in total. The highest BCUT2D eigenvalue weighted by Gasteiger charge is 2.11. The molecule has 128 valence electrons. The van der Waals surface area contributed by atoms with Crippen LogP contribution in [-0.2, 0) is 0 Å². The van der Waals surface area contributed by atoms with E-state index in [9.17, 15) is 4.79 Å². The zero-order valence-electron chi connectivity index (χ0n) is 15.1. The summed E-state index contributed by atoms with van der Waals surface area (Å²) in [5.41, 5.74) is 5.43. The van der Waals surface area contributed by atoms with E-state index in [4.69, 9.17) is 4.42 Å². The molecule has 0 amide bonds. The molecular weight excluding hydrogens is 312 g/mol. The van der Waals surface area contributed by atoms with Gasteiger partial charge in [0.25, 0.3) is 0 Å². The van der Waals surface area contributed by atoms with Gasteiger partial charge in [-0.2, -0.15) is 0 Å². The molecule has 1 aromatic carbocycles. The van der Waals surface area contributed by atoms with Crippen LogP contribution in [0.25, 0.3) is 11.0 Å². The van der Waals surface area contributed by atoms with Crippen LogP contribution >= 0.6 is 0 Å². The zero-order chi connectivity index (χ0) is 18.1. The van der Waals surface area contributed by atoms with Crippen LogP contribution in [-0.4, -0.2) is 19.8 Å². The second-order valence-electron chi connectivity index (χ2n) is 6.60. The Morgan fingerprint density at radius 2 is 2.00 bits per heavy atom. The lowest BCUT2D eigenvalue weighted by Crippen LogP contribution is -2.13. The summed E-state index contributed by atoms with van der Waals surface area (Å²) in [6, 6.07) is 7.68. The standard InChI is InChI=1S/C21H22N2O2/c1-13-6-9-19(14(2)10-13)22-15(3)18-11-16-7-8-17(23(4)5)12-20(16)25-21(18)24/h6-9,11-12H,1,10H2,2-5H3. The molecule has 1 aliphatic carbocycles. The second kappa shape index (κ2) is 6.55. The molecule has 0 saturated carbocycles. The van der Waals surface area contributed by atoms with Crippen molar-refractivity contribution < 1.29 is 4.42 Å². The summed E-state index contributed by atoms with van der Waals surface area (Å²) in [6.07, 6.45) is 4.71. The predicted octanol–water partition coefficient (Wildman–Crippen LogP) is 4.46. The minimum Gasteiger partial charge on any atom is -0.422 e. The molecule has 4 heteroatoms. The summed E-state index contributed by atoms with van der Waals surface area (Å²) in [7, 11) is 3.90. The second-order valence-corrected chi connectivity index (χ2v) is 6.60. The van der Waals surface area contributed by atoms with E-state index in [0.29, 0.717) is 16.9 Å². The maximum Gasteiger partial charge on any atom is 0.345 e. The summed E-state index contributed by atoms with van der Waals surface area (Å²) < 4.78 is 5.53. The van der Waals surface area contributed by atoms with Gasteiger partial charge in [-0.1, -0.05) is 18.2 Å². The first-order valence-corrected chi connectivity index (χ1v) is 8.21. The van der Waals surface area contributed by atoms with E-state index in [1.807, 2.05) is 69.3 Å². The third-order valence-electron chi connectivity index (χ3n) is 4.32. The number of rotatable bonds is 3. The maximum absolute atomic E-state index is 12.4. The van der Waals surface area contributed by atoms with E-state index in [0.717, 1.165) is 34.3 Å². The van der Waals surface area contributed by atoms with Gasteiger partial charge in [-0.3, -0.25) is 4.99 Å². The number of allylic oxidation sites excluding steroid dienone is 4. The number of hydrogen-bond donors (Lipinski definition) is 0. The minimum atomic E-state index is -0.368. The van der Waals surface area contributed by atoms with Gasteiger partial charge in [-0.25, -0.2) is 4.79 Å². The van der Waals surface area contributed by atoms with Gasteiger partial charge in [0.05, 0.1) is 17.0 Å². The van der Waals surface area contributed by atoms with Gasteiger partial charge >= 0.3 is 5.63 Å². The Kier molecular flexibility index (Phi) is 4.45. The van der Waals surface area contributed by atoms with Crippen LogP contribution in [0.4, 0.5) is 5.69 Å². The largest absolute Gasteiger partial charge is 0.422 e. The lowest BCUT2D eigenvalue weighted by Gasteiger charge is -2.13. The van der Waals surface area contributed by atoms with Crippen molar-refractivity contribution >= 4 is 22.4 Å². The van der Waals surface area contributed by atoms with Crippen LogP contribution < -0.4 is 10.5 Å².